The van der Waals surface area contributed by atoms with E-state index in [1.165, 1.54) is 19.3 Å². The first-order chi connectivity index (χ1) is 11.1. The maximum atomic E-state index is 5.91. The lowest BCUT2D eigenvalue weighted by molar-refractivity contribution is -0.168. The number of nitrogens with one attached hydrogen (secondary N) is 2. The van der Waals surface area contributed by atoms with Crippen LogP contribution in [0, 0.1) is 12.3 Å². The minimum atomic E-state index is 0.328. The highest BCUT2D eigenvalue weighted by atomic mass is 16.5. The summed E-state index contributed by atoms with van der Waals surface area (Å²) in [7, 11) is 3.79. The molecule has 23 heavy (non-hydrogen) atoms. The summed E-state index contributed by atoms with van der Waals surface area (Å²) in [6, 6.07) is 0.459. The molecule has 0 radical (unpaired) electrons. The Morgan fingerprint density at radius 3 is 2.74 bits per heavy atom. The zero-order valence-corrected chi connectivity index (χ0v) is 14.6. The van der Waals surface area contributed by atoms with Gasteiger partial charge in [0.25, 0.3) is 0 Å². The third kappa shape index (κ3) is 2.82. The van der Waals surface area contributed by atoms with E-state index in [1.54, 1.807) is 0 Å². The summed E-state index contributed by atoms with van der Waals surface area (Å²) in [6.07, 6.45) is 5.31. The number of hydrogen-bond donors (Lipinski definition) is 2. The lowest BCUT2D eigenvalue weighted by Gasteiger charge is -2.61. The molecule has 2 fully saturated rings. The molecule has 128 valence electrons. The van der Waals surface area contributed by atoms with Crippen LogP contribution in [-0.4, -0.2) is 46.5 Å². The number of ether oxygens (including phenoxy) is 1. The molecule has 0 amide bonds. The maximum absolute atomic E-state index is 5.91. The topological polar surface area (TPSA) is 76.4 Å². The van der Waals surface area contributed by atoms with Crippen molar-refractivity contribution in [3.8, 4) is 0 Å². The Hall–Kier alpha value is -1.63. The van der Waals surface area contributed by atoms with Crippen molar-refractivity contribution in [2.45, 2.75) is 58.2 Å². The number of aromatic nitrogens is 3. The van der Waals surface area contributed by atoms with Crippen LogP contribution in [0.15, 0.2) is 4.99 Å². The molecule has 0 bridgehead atoms. The van der Waals surface area contributed by atoms with Crippen molar-refractivity contribution in [3.05, 3.63) is 11.6 Å². The second-order valence-corrected chi connectivity index (χ2v) is 6.61. The quantitative estimate of drug-likeness (QED) is 0.628. The minimum Gasteiger partial charge on any atom is -0.378 e. The zero-order chi connectivity index (χ0) is 16.4. The van der Waals surface area contributed by atoms with Gasteiger partial charge in [0.05, 0.1) is 12.6 Å². The van der Waals surface area contributed by atoms with E-state index in [0.29, 0.717) is 24.1 Å². The van der Waals surface area contributed by atoms with E-state index >= 15 is 0 Å². The van der Waals surface area contributed by atoms with Crippen molar-refractivity contribution in [2.75, 3.05) is 13.7 Å². The predicted octanol–water partition coefficient (Wildman–Crippen LogP) is 1.14. The molecule has 0 aliphatic heterocycles. The highest BCUT2D eigenvalue weighted by Gasteiger charge is 2.59. The second-order valence-electron chi connectivity index (χ2n) is 6.61. The van der Waals surface area contributed by atoms with Crippen molar-refractivity contribution in [2.24, 2.45) is 17.5 Å². The Kier molecular flexibility index (Phi) is 4.57. The molecule has 1 aromatic rings. The van der Waals surface area contributed by atoms with Gasteiger partial charge in [0.1, 0.15) is 5.82 Å². The molecular weight excluding hydrogens is 292 g/mol. The normalized spacial score (nSPS) is 25.8. The molecule has 7 nitrogen and oxygen atoms in total. The van der Waals surface area contributed by atoms with Crippen LogP contribution in [0.3, 0.4) is 0 Å². The van der Waals surface area contributed by atoms with Crippen molar-refractivity contribution in [1.82, 2.24) is 25.4 Å². The predicted molar refractivity (Wildman–Crippen MR) is 89.2 cm³/mol. The van der Waals surface area contributed by atoms with Crippen LogP contribution in [-0.2, 0) is 18.3 Å². The fraction of sp³-hybridized carbons (Fsp3) is 0.812. The highest BCUT2D eigenvalue weighted by Crippen LogP contribution is 2.57. The molecule has 2 unspecified atom stereocenters. The molecule has 1 spiro atoms. The van der Waals surface area contributed by atoms with E-state index in [9.17, 15) is 0 Å². The number of aliphatic imine (C=N–C) groups is 1. The first-order valence-corrected chi connectivity index (χ1v) is 8.54. The first kappa shape index (κ1) is 16.2. The van der Waals surface area contributed by atoms with Crippen molar-refractivity contribution in [3.63, 3.8) is 0 Å². The number of guanidine groups is 1. The molecule has 2 saturated carbocycles. The molecule has 2 N–H and O–H groups in total. The maximum Gasteiger partial charge on any atom is 0.191 e. The summed E-state index contributed by atoms with van der Waals surface area (Å²) in [6.45, 7) is 5.45. The third-order valence-electron chi connectivity index (χ3n) is 5.57. The average Bonchev–Trinajstić information content (AvgIpc) is 2.79. The summed E-state index contributed by atoms with van der Waals surface area (Å²) in [5.41, 5.74) is 0.328. The zero-order valence-electron chi connectivity index (χ0n) is 14.6. The van der Waals surface area contributed by atoms with Crippen LogP contribution < -0.4 is 10.6 Å². The lowest BCUT2D eigenvalue weighted by Crippen LogP contribution is -2.68. The van der Waals surface area contributed by atoms with Gasteiger partial charge < -0.3 is 19.9 Å². The standard InChI is InChI=1S/C16H28N6O/c1-5-23-13-9-12(16(13)7-6-8-16)19-15(17-3)18-10-14-21-20-11(2)22(14)4/h12-13H,5-10H2,1-4H3,(H2,17,18,19). The van der Waals surface area contributed by atoms with Gasteiger partial charge in [0.2, 0.25) is 0 Å². The van der Waals surface area contributed by atoms with Gasteiger partial charge in [-0.25, -0.2) is 0 Å². The fourth-order valence-electron chi connectivity index (χ4n) is 3.77. The summed E-state index contributed by atoms with van der Waals surface area (Å²) >= 11 is 0. The van der Waals surface area contributed by atoms with E-state index in [-0.39, 0.29) is 0 Å². The molecule has 2 aliphatic rings. The minimum absolute atomic E-state index is 0.328. The Morgan fingerprint density at radius 1 is 1.43 bits per heavy atom. The van der Waals surface area contributed by atoms with Crippen molar-refractivity contribution < 1.29 is 4.74 Å². The van der Waals surface area contributed by atoms with Gasteiger partial charge in [-0.1, -0.05) is 6.42 Å². The lowest BCUT2D eigenvalue weighted by atomic mass is 9.51. The van der Waals surface area contributed by atoms with Gasteiger partial charge in [0, 0.05) is 32.2 Å². The van der Waals surface area contributed by atoms with Crippen LogP contribution in [0.4, 0.5) is 0 Å². The molecule has 0 aromatic carbocycles. The Labute approximate surface area is 137 Å². The van der Waals surface area contributed by atoms with Gasteiger partial charge in [-0.05, 0) is 33.1 Å². The third-order valence-corrected chi connectivity index (χ3v) is 5.57. The highest BCUT2D eigenvalue weighted by molar-refractivity contribution is 5.80. The fourth-order valence-corrected chi connectivity index (χ4v) is 3.77. The van der Waals surface area contributed by atoms with Crippen molar-refractivity contribution in [1.29, 1.82) is 0 Å². The molecule has 1 heterocycles. The molecular formula is C16H28N6O. The first-order valence-electron chi connectivity index (χ1n) is 8.54. The SMILES string of the molecule is CCOC1CC(NC(=NC)NCc2nnc(C)n2C)C12CCC2. The molecule has 0 saturated heterocycles. The summed E-state index contributed by atoms with van der Waals surface area (Å²) in [5, 5.41) is 15.2. The molecule has 7 heteroatoms. The average molecular weight is 320 g/mol. The van der Waals surface area contributed by atoms with E-state index in [2.05, 4.69) is 32.7 Å². The van der Waals surface area contributed by atoms with Crippen molar-refractivity contribution >= 4 is 5.96 Å². The Bertz CT molecular complexity index is 577. The Balaban J connectivity index is 1.55. The van der Waals surface area contributed by atoms with Crippen LogP contribution in [0.2, 0.25) is 0 Å². The van der Waals surface area contributed by atoms with Crippen LogP contribution >= 0.6 is 0 Å². The molecule has 3 rings (SSSR count). The van der Waals surface area contributed by atoms with Crippen LogP contribution in [0.25, 0.3) is 0 Å². The van der Waals surface area contributed by atoms with E-state index in [1.807, 2.05) is 25.6 Å². The number of aryl methyl sites for hydroxylation is 1. The summed E-state index contributed by atoms with van der Waals surface area (Å²) in [5.74, 6) is 2.65. The number of nitrogens with zero attached hydrogens (tertiary/aromatic N) is 4. The number of hydrogen-bond acceptors (Lipinski definition) is 4. The van der Waals surface area contributed by atoms with Gasteiger partial charge in [0.15, 0.2) is 11.8 Å². The second kappa shape index (κ2) is 6.47. The molecule has 1 aromatic heterocycles. The van der Waals surface area contributed by atoms with E-state index in [4.69, 9.17) is 4.74 Å². The van der Waals surface area contributed by atoms with Gasteiger partial charge in [-0.2, -0.15) is 0 Å². The summed E-state index contributed by atoms with van der Waals surface area (Å²) in [4.78, 5) is 4.35. The van der Waals surface area contributed by atoms with Gasteiger partial charge in [-0.3, -0.25) is 4.99 Å². The van der Waals surface area contributed by atoms with Crippen LogP contribution in [0.5, 0.6) is 0 Å². The smallest absolute Gasteiger partial charge is 0.191 e. The van der Waals surface area contributed by atoms with E-state index in [0.717, 1.165) is 30.6 Å². The monoisotopic (exact) mass is 320 g/mol. The van der Waals surface area contributed by atoms with E-state index < -0.39 is 0 Å². The largest absolute Gasteiger partial charge is 0.378 e. The Morgan fingerprint density at radius 2 is 2.22 bits per heavy atom. The van der Waals surface area contributed by atoms with Gasteiger partial charge >= 0.3 is 0 Å². The number of rotatable bonds is 5. The van der Waals surface area contributed by atoms with Gasteiger partial charge in [-0.15, -0.1) is 10.2 Å². The summed E-state index contributed by atoms with van der Waals surface area (Å²) < 4.78 is 7.90. The van der Waals surface area contributed by atoms with Crippen LogP contribution in [0.1, 0.15) is 44.3 Å². The molecule has 2 aliphatic carbocycles. The molecule has 2 atom stereocenters.